The van der Waals surface area contributed by atoms with Crippen LogP contribution in [0.2, 0.25) is 0 Å². The third-order valence-electron chi connectivity index (χ3n) is 5.70. The van der Waals surface area contributed by atoms with Gasteiger partial charge in [0, 0.05) is 11.4 Å². The normalized spacial score (nSPS) is 17.4. The predicted octanol–water partition coefficient (Wildman–Crippen LogP) is 6.84. The molecule has 0 atom stereocenters. The summed E-state index contributed by atoms with van der Waals surface area (Å²) in [5.74, 6) is 0.364. The molecule has 2 fully saturated rings. The smallest absolute Gasteiger partial charge is 0.141 e. The van der Waals surface area contributed by atoms with Crippen LogP contribution in [0.3, 0.4) is 0 Å². The van der Waals surface area contributed by atoms with Gasteiger partial charge in [0.05, 0.1) is 0 Å². The highest BCUT2D eigenvalue weighted by molar-refractivity contribution is 5.89. The minimum absolute atomic E-state index is 0.182. The summed E-state index contributed by atoms with van der Waals surface area (Å²) in [5.41, 5.74) is 5.33. The van der Waals surface area contributed by atoms with Crippen LogP contribution in [0.25, 0.3) is 11.1 Å². The van der Waals surface area contributed by atoms with Crippen molar-refractivity contribution in [3.63, 3.8) is 0 Å². The molecule has 0 spiro atoms. The number of benzene rings is 2. The van der Waals surface area contributed by atoms with E-state index >= 15 is 0 Å². The molecular formula is C24H28N2O2. The van der Waals surface area contributed by atoms with E-state index in [1.807, 2.05) is 24.3 Å². The van der Waals surface area contributed by atoms with Crippen molar-refractivity contribution in [2.45, 2.75) is 64.2 Å². The van der Waals surface area contributed by atoms with Gasteiger partial charge < -0.3 is 10.2 Å². The molecule has 146 valence electrons. The number of hydrogen-bond acceptors (Lipinski definition) is 4. The van der Waals surface area contributed by atoms with E-state index in [1.165, 1.54) is 49.9 Å². The first-order valence-electron chi connectivity index (χ1n) is 10.5. The van der Waals surface area contributed by atoms with E-state index in [-0.39, 0.29) is 11.5 Å². The number of nitrogens with zero attached hydrogens (tertiary/aromatic N) is 2. The van der Waals surface area contributed by atoms with Gasteiger partial charge >= 0.3 is 0 Å². The number of rotatable bonds is 3. The van der Waals surface area contributed by atoms with Gasteiger partial charge in [0.2, 0.25) is 0 Å². The van der Waals surface area contributed by atoms with Crippen LogP contribution < -0.4 is 0 Å². The summed E-state index contributed by atoms with van der Waals surface area (Å²) in [6, 6.07) is 11.1. The van der Waals surface area contributed by atoms with Crippen LogP contribution in [0.1, 0.15) is 64.2 Å². The van der Waals surface area contributed by atoms with Crippen molar-refractivity contribution < 1.29 is 10.2 Å². The van der Waals surface area contributed by atoms with E-state index in [1.54, 1.807) is 12.1 Å². The molecule has 2 aromatic rings. The summed E-state index contributed by atoms with van der Waals surface area (Å²) in [5, 5.41) is 20.9. The second kappa shape index (κ2) is 8.59. The van der Waals surface area contributed by atoms with Gasteiger partial charge in [-0.15, -0.1) is 0 Å². The second-order valence-corrected chi connectivity index (χ2v) is 7.88. The Morgan fingerprint density at radius 1 is 0.536 bits per heavy atom. The van der Waals surface area contributed by atoms with Gasteiger partial charge in [-0.25, -0.2) is 0 Å². The fourth-order valence-corrected chi connectivity index (χ4v) is 4.08. The van der Waals surface area contributed by atoms with Crippen molar-refractivity contribution in [2.24, 2.45) is 9.98 Å². The maximum atomic E-state index is 10.4. The lowest BCUT2D eigenvalue weighted by molar-refractivity contribution is 0.475. The van der Waals surface area contributed by atoms with E-state index in [2.05, 4.69) is 9.98 Å². The summed E-state index contributed by atoms with van der Waals surface area (Å²) < 4.78 is 0. The van der Waals surface area contributed by atoms with E-state index < -0.39 is 0 Å². The Bertz CT molecular complexity index is 823. The van der Waals surface area contributed by atoms with Crippen LogP contribution in [-0.4, -0.2) is 21.6 Å². The number of aliphatic imine (C=N–C) groups is 2. The van der Waals surface area contributed by atoms with Crippen LogP contribution in [0, 0.1) is 0 Å². The topological polar surface area (TPSA) is 65.2 Å². The van der Waals surface area contributed by atoms with Gasteiger partial charge in [-0.05, 0) is 86.8 Å². The average Bonchev–Trinajstić information content (AvgIpc) is 2.72. The summed E-state index contributed by atoms with van der Waals surface area (Å²) in [7, 11) is 0. The van der Waals surface area contributed by atoms with Crippen molar-refractivity contribution in [1.29, 1.82) is 0 Å². The van der Waals surface area contributed by atoms with Crippen LogP contribution in [0.15, 0.2) is 46.4 Å². The van der Waals surface area contributed by atoms with Crippen molar-refractivity contribution >= 4 is 22.8 Å². The highest BCUT2D eigenvalue weighted by Gasteiger charge is 2.11. The van der Waals surface area contributed by atoms with Gasteiger partial charge in [0.15, 0.2) is 0 Å². The highest BCUT2D eigenvalue weighted by Crippen LogP contribution is 2.37. The minimum Gasteiger partial charge on any atom is -0.506 e. The van der Waals surface area contributed by atoms with Crippen LogP contribution >= 0.6 is 0 Å². The molecule has 2 aliphatic rings. The summed E-state index contributed by atoms with van der Waals surface area (Å²) in [6.07, 6.45) is 11.4. The van der Waals surface area contributed by atoms with Gasteiger partial charge in [-0.3, -0.25) is 9.98 Å². The molecule has 2 N–H and O–H groups in total. The first-order chi connectivity index (χ1) is 13.7. The number of phenols is 2. The van der Waals surface area contributed by atoms with E-state index in [4.69, 9.17) is 0 Å². The second-order valence-electron chi connectivity index (χ2n) is 7.88. The standard InChI is InChI=1S/C24H28N2O2/c27-23-15-17(11-13-21(23)25-19-7-3-1-4-8-19)18-12-14-22(24(28)16-18)26-20-9-5-2-6-10-20/h11-16,27-28H,1-10H2. The molecule has 0 radical (unpaired) electrons. The molecule has 0 unspecified atom stereocenters. The van der Waals surface area contributed by atoms with Gasteiger partial charge in [-0.1, -0.05) is 25.0 Å². The Morgan fingerprint density at radius 3 is 1.29 bits per heavy atom. The molecule has 2 saturated carbocycles. The first-order valence-corrected chi connectivity index (χ1v) is 10.5. The van der Waals surface area contributed by atoms with Crippen LogP contribution in [0.4, 0.5) is 11.4 Å². The zero-order valence-corrected chi connectivity index (χ0v) is 16.3. The maximum Gasteiger partial charge on any atom is 0.141 e. The van der Waals surface area contributed by atoms with Crippen LogP contribution in [-0.2, 0) is 0 Å². The van der Waals surface area contributed by atoms with Crippen molar-refractivity contribution in [3.8, 4) is 22.6 Å². The molecule has 2 aromatic carbocycles. The monoisotopic (exact) mass is 376 g/mol. The third-order valence-corrected chi connectivity index (χ3v) is 5.70. The SMILES string of the molecule is Oc1cc(-c2ccc(N=C3CCCCC3)c(O)c2)ccc1N=C1CCCCC1. The van der Waals surface area contributed by atoms with Gasteiger partial charge in [-0.2, -0.15) is 0 Å². The molecule has 4 rings (SSSR count). The minimum atomic E-state index is 0.182. The fourth-order valence-electron chi connectivity index (χ4n) is 4.08. The zero-order chi connectivity index (χ0) is 19.3. The fraction of sp³-hybridized carbons (Fsp3) is 0.417. The van der Waals surface area contributed by atoms with Crippen molar-refractivity contribution in [2.75, 3.05) is 0 Å². The Kier molecular flexibility index (Phi) is 5.75. The Hall–Kier alpha value is -2.62. The Labute approximate surface area is 166 Å². The molecule has 0 bridgehead atoms. The molecule has 0 amide bonds. The molecule has 4 heteroatoms. The summed E-state index contributed by atoms with van der Waals surface area (Å²) in [4.78, 5) is 9.30. The lowest BCUT2D eigenvalue weighted by atomic mass is 9.98. The lowest BCUT2D eigenvalue weighted by Gasteiger charge is -2.13. The Morgan fingerprint density at radius 2 is 0.929 bits per heavy atom. The zero-order valence-electron chi connectivity index (χ0n) is 16.3. The molecular weight excluding hydrogens is 348 g/mol. The van der Waals surface area contributed by atoms with E-state index in [0.717, 1.165) is 36.8 Å². The van der Waals surface area contributed by atoms with Crippen molar-refractivity contribution in [1.82, 2.24) is 0 Å². The van der Waals surface area contributed by atoms with Crippen LogP contribution in [0.5, 0.6) is 11.5 Å². The summed E-state index contributed by atoms with van der Waals surface area (Å²) >= 11 is 0. The molecule has 2 aliphatic carbocycles. The first kappa shape index (κ1) is 18.7. The van der Waals surface area contributed by atoms with Crippen molar-refractivity contribution in [3.05, 3.63) is 36.4 Å². The van der Waals surface area contributed by atoms with Gasteiger partial charge in [0.1, 0.15) is 22.9 Å². The predicted molar refractivity (Wildman–Crippen MR) is 116 cm³/mol. The maximum absolute atomic E-state index is 10.4. The molecule has 0 heterocycles. The Balaban J connectivity index is 1.55. The largest absolute Gasteiger partial charge is 0.506 e. The van der Waals surface area contributed by atoms with E-state index in [0.29, 0.717) is 11.4 Å². The van der Waals surface area contributed by atoms with Gasteiger partial charge in [0.25, 0.3) is 0 Å². The quantitative estimate of drug-likeness (QED) is 0.616. The lowest BCUT2D eigenvalue weighted by Crippen LogP contribution is -2.03. The van der Waals surface area contributed by atoms with E-state index in [9.17, 15) is 10.2 Å². The average molecular weight is 377 g/mol. The third kappa shape index (κ3) is 4.44. The number of aromatic hydroxyl groups is 2. The highest BCUT2D eigenvalue weighted by atomic mass is 16.3. The molecule has 0 saturated heterocycles. The molecule has 0 aliphatic heterocycles. The molecule has 0 aromatic heterocycles. The molecule has 28 heavy (non-hydrogen) atoms. The number of phenolic OH excluding ortho intramolecular Hbond substituents is 2. The summed E-state index contributed by atoms with van der Waals surface area (Å²) in [6.45, 7) is 0. The number of hydrogen-bond donors (Lipinski definition) is 2. The molecule has 4 nitrogen and oxygen atoms in total.